The lowest BCUT2D eigenvalue weighted by atomic mass is 10.0. The maximum absolute atomic E-state index is 9.14. The van der Waals surface area contributed by atoms with Gasteiger partial charge in [-0.3, -0.25) is 0 Å². The highest BCUT2D eigenvalue weighted by Crippen LogP contribution is 2.23. The van der Waals surface area contributed by atoms with E-state index in [9.17, 15) is 0 Å². The van der Waals surface area contributed by atoms with Gasteiger partial charge in [-0.25, -0.2) is 4.98 Å². The standard InChI is InChI=1S/C16H17N3O/c1-20-16-7-6-12(8-13(16)9-17)10-19-11-18-14-4-2-3-5-15(14)19/h6-8,11H,2-5,10H2,1H3. The summed E-state index contributed by atoms with van der Waals surface area (Å²) in [6.07, 6.45) is 6.60. The van der Waals surface area contributed by atoms with Crippen LogP contribution in [0.4, 0.5) is 0 Å². The van der Waals surface area contributed by atoms with Crippen molar-refractivity contribution in [3.8, 4) is 11.8 Å². The van der Waals surface area contributed by atoms with Crippen LogP contribution in [0.2, 0.25) is 0 Å². The number of benzene rings is 1. The van der Waals surface area contributed by atoms with Gasteiger partial charge in [-0.1, -0.05) is 6.07 Å². The molecule has 1 aliphatic carbocycles. The average molecular weight is 267 g/mol. The Kier molecular flexibility index (Phi) is 3.42. The molecule has 2 aromatic rings. The van der Waals surface area contributed by atoms with Crippen LogP contribution < -0.4 is 4.74 Å². The molecule has 1 aromatic carbocycles. The molecule has 0 radical (unpaired) electrons. The monoisotopic (exact) mass is 267 g/mol. The number of imidazole rings is 1. The number of aryl methyl sites for hydroxylation is 1. The molecule has 0 bridgehead atoms. The lowest BCUT2D eigenvalue weighted by Gasteiger charge is -2.14. The molecule has 3 rings (SSSR count). The smallest absolute Gasteiger partial charge is 0.136 e. The molecule has 4 heteroatoms. The number of nitrogens with zero attached hydrogens (tertiary/aromatic N) is 3. The highest BCUT2D eigenvalue weighted by molar-refractivity contribution is 5.45. The number of rotatable bonds is 3. The summed E-state index contributed by atoms with van der Waals surface area (Å²) in [5, 5.41) is 9.14. The van der Waals surface area contributed by atoms with E-state index in [0.717, 1.165) is 24.9 Å². The Labute approximate surface area is 118 Å². The van der Waals surface area contributed by atoms with Gasteiger partial charge in [-0.15, -0.1) is 0 Å². The highest BCUT2D eigenvalue weighted by Gasteiger charge is 2.15. The second-order valence-corrected chi connectivity index (χ2v) is 5.12. The number of hydrogen-bond acceptors (Lipinski definition) is 3. The number of ether oxygens (including phenoxy) is 1. The summed E-state index contributed by atoms with van der Waals surface area (Å²) in [5.41, 5.74) is 4.28. The van der Waals surface area contributed by atoms with E-state index in [1.54, 1.807) is 7.11 Å². The molecule has 1 aromatic heterocycles. The number of aromatic nitrogens is 2. The van der Waals surface area contributed by atoms with Crippen LogP contribution in [0.5, 0.6) is 5.75 Å². The molecule has 1 heterocycles. The van der Waals surface area contributed by atoms with E-state index in [1.165, 1.54) is 24.2 Å². The van der Waals surface area contributed by atoms with E-state index in [0.29, 0.717) is 11.3 Å². The van der Waals surface area contributed by atoms with Crippen LogP contribution >= 0.6 is 0 Å². The van der Waals surface area contributed by atoms with Gasteiger partial charge in [-0.2, -0.15) is 5.26 Å². The molecule has 0 N–H and O–H groups in total. The van der Waals surface area contributed by atoms with Crippen molar-refractivity contribution in [3.05, 3.63) is 47.0 Å². The van der Waals surface area contributed by atoms with Gasteiger partial charge in [0.1, 0.15) is 11.8 Å². The van der Waals surface area contributed by atoms with Crippen LogP contribution in [-0.4, -0.2) is 16.7 Å². The molecule has 0 atom stereocenters. The second kappa shape index (κ2) is 5.38. The molecule has 0 saturated carbocycles. The largest absolute Gasteiger partial charge is 0.495 e. The van der Waals surface area contributed by atoms with E-state index in [-0.39, 0.29) is 0 Å². The molecule has 0 saturated heterocycles. The molecule has 102 valence electrons. The topological polar surface area (TPSA) is 50.8 Å². The first-order valence-electron chi connectivity index (χ1n) is 6.91. The quantitative estimate of drug-likeness (QED) is 0.859. The Bertz CT molecular complexity index is 667. The molecular weight excluding hydrogens is 250 g/mol. The van der Waals surface area contributed by atoms with Crippen LogP contribution in [0, 0.1) is 11.3 Å². The summed E-state index contributed by atoms with van der Waals surface area (Å²) in [7, 11) is 1.59. The van der Waals surface area contributed by atoms with Crippen LogP contribution in [0.1, 0.15) is 35.4 Å². The highest BCUT2D eigenvalue weighted by atomic mass is 16.5. The lowest BCUT2D eigenvalue weighted by molar-refractivity contribution is 0.413. The summed E-state index contributed by atoms with van der Waals surface area (Å²) in [5.74, 6) is 0.629. The minimum Gasteiger partial charge on any atom is -0.495 e. The fraction of sp³-hybridized carbons (Fsp3) is 0.375. The zero-order valence-electron chi connectivity index (χ0n) is 11.6. The Hall–Kier alpha value is -2.28. The van der Waals surface area contributed by atoms with Crippen molar-refractivity contribution in [1.29, 1.82) is 5.26 Å². The van der Waals surface area contributed by atoms with Gasteiger partial charge in [0.15, 0.2) is 0 Å². The van der Waals surface area contributed by atoms with Crippen molar-refractivity contribution in [1.82, 2.24) is 9.55 Å². The predicted octanol–water partition coefficient (Wildman–Crippen LogP) is 2.69. The van der Waals surface area contributed by atoms with E-state index in [1.807, 2.05) is 24.5 Å². The molecule has 0 aliphatic heterocycles. The molecule has 1 aliphatic rings. The van der Waals surface area contributed by atoms with Gasteiger partial charge in [0.2, 0.25) is 0 Å². The van der Waals surface area contributed by atoms with Crippen LogP contribution in [0.3, 0.4) is 0 Å². The molecular formula is C16H17N3O. The van der Waals surface area contributed by atoms with E-state index >= 15 is 0 Å². The van der Waals surface area contributed by atoms with Gasteiger partial charge < -0.3 is 9.30 Å². The molecule has 4 nitrogen and oxygen atoms in total. The van der Waals surface area contributed by atoms with Crippen LogP contribution in [-0.2, 0) is 19.4 Å². The number of hydrogen-bond donors (Lipinski definition) is 0. The fourth-order valence-electron chi connectivity index (χ4n) is 2.80. The van der Waals surface area contributed by atoms with E-state index in [2.05, 4.69) is 15.6 Å². The first-order chi connectivity index (χ1) is 9.81. The minimum atomic E-state index is 0.582. The Morgan fingerprint density at radius 2 is 2.20 bits per heavy atom. The van der Waals surface area contributed by atoms with E-state index in [4.69, 9.17) is 10.00 Å². The predicted molar refractivity (Wildman–Crippen MR) is 75.7 cm³/mol. The second-order valence-electron chi connectivity index (χ2n) is 5.12. The Morgan fingerprint density at radius 1 is 1.35 bits per heavy atom. The fourth-order valence-corrected chi connectivity index (χ4v) is 2.80. The Morgan fingerprint density at radius 3 is 3.00 bits per heavy atom. The van der Waals surface area contributed by atoms with E-state index < -0.39 is 0 Å². The number of methoxy groups -OCH3 is 1. The van der Waals surface area contributed by atoms with Crippen molar-refractivity contribution in [2.75, 3.05) is 7.11 Å². The first kappa shape index (κ1) is 12.7. The van der Waals surface area contributed by atoms with Crippen molar-refractivity contribution in [2.24, 2.45) is 0 Å². The van der Waals surface area contributed by atoms with Crippen LogP contribution in [0.25, 0.3) is 0 Å². The van der Waals surface area contributed by atoms with Crippen molar-refractivity contribution in [3.63, 3.8) is 0 Å². The zero-order valence-corrected chi connectivity index (χ0v) is 11.6. The van der Waals surface area contributed by atoms with Crippen LogP contribution in [0.15, 0.2) is 24.5 Å². The van der Waals surface area contributed by atoms with Gasteiger partial charge in [0, 0.05) is 12.2 Å². The zero-order chi connectivity index (χ0) is 13.9. The average Bonchev–Trinajstić information content (AvgIpc) is 2.90. The summed E-state index contributed by atoms with van der Waals surface area (Å²) in [6, 6.07) is 7.94. The summed E-state index contributed by atoms with van der Waals surface area (Å²) in [6.45, 7) is 0.765. The van der Waals surface area contributed by atoms with Gasteiger partial charge >= 0.3 is 0 Å². The lowest BCUT2D eigenvalue weighted by Crippen LogP contribution is -2.09. The first-order valence-corrected chi connectivity index (χ1v) is 6.91. The number of nitriles is 1. The third-order valence-electron chi connectivity index (χ3n) is 3.85. The normalized spacial score (nSPS) is 13.6. The molecule has 0 amide bonds. The van der Waals surface area contributed by atoms with Crippen molar-refractivity contribution >= 4 is 0 Å². The van der Waals surface area contributed by atoms with Crippen molar-refractivity contribution < 1.29 is 4.74 Å². The SMILES string of the molecule is COc1ccc(Cn2cnc3c2CCCC3)cc1C#N. The third-order valence-corrected chi connectivity index (χ3v) is 3.85. The van der Waals surface area contributed by atoms with Crippen molar-refractivity contribution in [2.45, 2.75) is 32.2 Å². The summed E-state index contributed by atoms with van der Waals surface area (Å²) >= 11 is 0. The van der Waals surface area contributed by atoms with Gasteiger partial charge in [0.05, 0.1) is 24.7 Å². The maximum Gasteiger partial charge on any atom is 0.136 e. The molecule has 0 fully saturated rings. The molecule has 0 spiro atoms. The minimum absolute atomic E-state index is 0.582. The summed E-state index contributed by atoms with van der Waals surface area (Å²) in [4.78, 5) is 4.50. The van der Waals surface area contributed by atoms with Gasteiger partial charge in [-0.05, 0) is 43.4 Å². The molecule has 20 heavy (non-hydrogen) atoms. The van der Waals surface area contributed by atoms with Gasteiger partial charge in [0.25, 0.3) is 0 Å². The third kappa shape index (κ3) is 2.27. The molecule has 0 unspecified atom stereocenters. The Balaban J connectivity index is 1.88. The number of fused-ring (bicyclic) bond motifs is 1. The maximum atomic E-state index is 9.14. The summed E-state index contributed by atoms with van der Waals surface area (Å²) < 4.78 is 7.38.